The van der Waals surface area contributed by atoms with Crippen LogP contribution in [0.25, 0.3) is 0 Å². The number of aryl methyl sites for hydroxylation is 2. The number of carbonyl (C=O) groups is 2. The molecule has 4 heterocycles. The molecule has 3 N–H and O–H groups in total. The lowest BCUT2D eigenvalue weighted by Gasteiger charge is -2.37. The molecule has 5 rings (SSSR count). The molecule has 1 aromatic carbocycles. The topological polar surface area (TPSA) is 107 Å². The molecule has 0 radical (unpaired) electrons. The molecule has 222 valence electrons. The Labute approximate surface area is 243 Å². The van der Waals surface area contributed by atoms with Gasteiger partial charge in [-0.2, -0.15) is 0 Å². The number of pyridine rings is 1. The van der Waals surface area contributed by atoms with Crippen LogP contribution in [0.2, 0.25) is 0 Å². The lowest BCUT2D eigenvalue weighted by atomic mass is 9.95. The number of aliphatic carboxylic acids is 1. The van der Waals surface area contributed by atoms with Gasteiger partial charge in [0.05, 0.1) is 24.0 Å². The number of morpholine rings is 1. The van der Waals surface area contributed by atoms with Gasteiger partial charge < -0.3 is 30.3 Å². The minimum Gasteiger partial charge on any atom is -0.481 e. The van der Waals surface area contributed by atoms with E-state index in [-0.39, 0.29) is 30.6 Å². The summed E-state index contributed by atoms with van der Waals surface area (Å²) in [4.78, 5) is 34.8. The Kier molecular flexibility index (Phi) is 9.77. The van der Waals surface area contributed by atoms with E-state index in [0.717, 1.165) is 88.4 Å². The highest BCUT2D eigenvalue weighted by atomic mass is 16.5. The quantitative estimate of drug-likeness (QED) is 0.402. The van der Waals surface area contributed by atoms with Crippen LogP contribution in [0.5, 0.6) is 0 Å². The standard InChI is InChI=1S/C32H45N5O4/c1-22-19-37(20-23(2)41-22)28-11-3-7-25(17-28)29(32(39)40)18-34-31(38)26-9-5-15-36(21-26)16-6-10-27-13-12-24-8-4-14-33-30(24)35-27/h3,7,11-13,17,22-23,26,29H,4-6,8-10,14-16,18-21H2,1-2H3,(H,33,35)(H,34,38)(H,39,40)/t22-,23-,26+,29-/m0/s1. The number of amides is 1. The Balaban J connectivity index is 1.11. The Morgan fingerprint density at radius 3 is 2.78 bits per heavy atom. The number of carbonyl (C=O) groups excluding carboxylic acids is 1. The van der Waals surface area contributed by atoms with E-state index in [0.29, 0.717) is 12.1 Å². The molecule has 1 amide bonds. The van der Waals surface area contributed by atoms with E-state index in [4.69, 9.17) is 9.72 Å². The van der Waals surface area contributed by atoms with Crippen molar-refractivity contribution in [3.05, 3.63) is 53.2 Å². The van der Waals surface area contributed by atoms with Gasteiger partial charge in [0.25, 0.3) is 0 Å². The molecule has 9 heteroatoms. The van der Waals surface area contributed by atoms with Crippen LogP contribution in [0.15, 0.2) is 36.4 Å². The molecule has 0 saturated carbocycles. The first-order chi connectivity index (χ1) is 19.9. The molecular weight excluding hydrogens is 518 g/mol. The second-order valence-corrected chi connectivity index (χ2v) is 12.0. The number of hydrogen-bond donors (Lipinski definition) is 3. The number of likely N-dealkylation sites (tertiary alicyclic amines) is 1. The van der Waals surface area contributed by atoms with Crippen molar-refractivity contribution in [3.63, 3.8) is 0 Å². The first kappa shape index (κ1) is 29.3. The van der Waals surface area contributed by atoms with Crippen LogP contribution >= 0.6 is 0 Å². The third-order valence-corrected chi connectivity index (χ3v) is 8.57. The largest absolute Gasteiger partial charge is 0.481 e. The van der Waals surface area contributed by atoms with Gasteiger partial charge >= 0.3 is 5.97 Å². The molecule has 0 aliphatic carbocycles. The van der Waals surface area contributed by atoms with Gasteiger partial charge in [-0.25, -0.2) is 4.98 Å². The number of rotatable bonds is 10. The SMILES string of the molecule is C[C@H]1CN(c2cccc([C@H](CNC(=O)[C@@H]3CCCN(CCCc4ccc5c(n4)NCCC5)C3)C(=O)O)c2)C[C@H](C)O1. The zero-order valence-electron chi connectivity index (χ0n) is 24.5. The van der Waals surface area contributed by atoms with Gasteiger partial charge in [0.15, 0.2) is 0 Å². The van der Waals surface area contributed by atoms with E-state index in [1.54, 1.807) is 0 Å². The van der Waals surface area contributed by atoms with Crippen LogP contribution in [0, 0.1) is 5.92 Å². The van der Waals surface area contributed by atoms with Crippen LogP contribution in [-0.2, 0) is 27.2 Å². The van der Waals surface area contributed by atoms with Crippen molar-refractivity contribution in [3.8, 4) is 0 Å². The van der Waals surface area contributed by atoms with Crippen molar-refractivity contribution in [1.29, 1.82) is 0 Å². The van der Waals surface area contributed by atoms with Crippen LogP contribution in [-0.4, -0.2) is 84.9 Å². The molecule has 2 aromatic rings. The molecule has 9 nitrogen and oxygen atoms in total. The highest BCUT2D eigenvalue weighted by Crippen LogP contribution is 2.26. The summed E-state index contributed by atoms with van der Waals surface area (Å²) in [5, 5.41) is 16.4. The molecule has 4 atom stereocenters. The predicted octanol–water partition coefficient (Wildman–Crippen LogP) is 3.68. The number of piperidine rings is 1. The Morgan fingerprint density at radius 2 is 1.98 bits per heavy atom. The van der Waals surface area contributed by atoms with E-state index in [9.17, 15) is 14.7 Å². The van der Waals surface area contributed by atoms with Crippen molar-refractivity contribution >= 4 is 23.4 Å². The van der Waals surface area contributed by atoms with E-state index < -0.39 is 11.9 Å². The van der Waals surface area contributed by atoms with Crippen LogP contribution in [0.3, 0.4) is 0 Å². The van der Waals surface area contributed by atoms with E-state index in [1.165, 1.54) is 5.56 Å². The Morgan fingerprint density at radius 1 is 1.15 bits per heavy atom. The van der Waals surface area contributed by atoms with Crippen molar-refractivity contribution < 1.29 is 19.4 Å². The molecule has 0 unspecified atom stereocenters. The maximum Gasteiger partial charge on any atom is 0.312 e. The lowest BCUT2D eigenvalue weighted by molar-refractivity contribution is -0.138. The number of hydrogen-bond acceptors (Lipinski definition) is 7. The highest BCUT2D eigenvalue weighted by molar-refractivity contribution is 5.81. The van der Waals surface area contributed by atoms with E-state index in [1.807, 2.05) is 24.3 Å². The molecule has 0 bridgehead atoms. The summed E-state index contributed by atoms with van der Waals surface area (Å²) >= 11 is 0. The van der Waals surface area contributed by atoms with Gasteiger partial charge in [-0.15, -0.1) is 0 Å². The van der Waals surface area contributed by atoms with Crippen molar-refractivity contribution in [2.75, 3.05) is 56.0 Å². The smallest absolute Gasteiger partial charge is 0.312 e. The predicted molar refractivity (Wildman–Crippen MR) is 161 cm³/mol. The third-order valence-electron chi connectivity index (χ3n) is 8.57. The van der Waals surface area contributed by atoms with Gasteiger partial charge in [0, 0.05) is 44.1 Å². The first-order valence-electron chi connectivity index (χ1n) is 15.3. The normalized spacial score (nSPS) is 23.8. The van der Waals surface area contributed by atoms with Crippen molar-refractivity contribution in [2.24, 2.45) is 5.92 Å². The average Bonchev–Trinajstić information content (AvgIpc) is 2.97. The maximum atomic E-state index is 13.2. The summed E-state index contributed by atoms with van der Waals surface area (Å²) in [5.74, 6) is -0.849. The van der Waals surface area contributed by atoms with Crippen LogP contribution in [0.1, 0.15) is 62.3 Å². The summed E-state index contributed by atoms with van der Waals surface area (Å²) in [5.41, 5.74) is 4.13. The monoisotopic (exact) mass is 563 g/mol. The third kappa shape index (κ3) is 7.77. The van der Waals surface area contributed by atoms with Gasteiger partial charge in [0.1, 0.15) is 5.82 Å². The van der Waals surface area contributed by atoms with Gasteiger partial charge in [-0.3, -0.25) is 9.59 Å². The number of fused-ring (bicyclic) bond motifs is 1. The van der Waals surface area contributed by atoms with Gasteiger partial charge in [0.2, 0.25) is 5.91 Å². The summed E-state index contributed by atoms with van der Waals surface area (Å²) in [6, 6.07) is 12.1. The summed E-state index contributed by atoms with van der Waals surface area (Å²) < 4.78 is 5.85. The lowest BCUT2D eigenvalue weighted by Crippen LogP contribution is -2.45. The molecule has 2 saturated heterocycles. The maximum absolute atomic E-state index is 13.2. The molecule has 41 heavy (non-hydrogen) atoms. The number of nitrogens with one attached hydrogen (secondary N) is 2. The number of carboxylic acid groups (broad SMARTS) is 1. The Hall–Kier alpha value is -3.17. The van der Waals surface area contributed by atoms with Gasteiger partial charge in [-0.05, 0) is 94.8 Å². The van der Waals surface area contributed by atoms with Crippen molar-refractivity contribution in [1.82, 2.24) is 15.2 Å². The zero-order valence-corrected chi connectivity index (χ0v) is 24.5. The molecular formula is C32H45N5O4. The Bertz CT molecular complexity index is 1200. The summed E-state index contributed by atoms with van der Waals surface area (Å²) in [6.07, 6.45) is 6.22. The fraction of sp³-hybridized carbons (Fsp3) is 0.594. The zero-order chi connectivity index (χ0) is 28.8. The fourth-order valence-electron chi connectivity index (χ4n) is 6.49. The van der Waals surface area contributed by atoms with Crippen LogP contribution < -0.4 is 15.5 Å². The van der Waals surface area contributed by atoms with Gasteiger partial charge in [-0.1, -0.05) is 18.2 Å². The number of aromatic nitrogens is 1. The second kappa shape index (κ2) is 13.7. The molecule has 1 aromatic heterocycles. The number of carboxylic acids is 1. The number of anilines is 2. The molecule has 2 fully saturated rings. The average molecular weight is 564 g/mol. The molecule has 3 aliphatic heterocycles. The molecule has 3 aliphatic rings. The summed E-state index contributed by atoms with van der Waals surface area (Å²) in [7, 11) is 0. The number of nitrogens with zero attached hydrogens (tertiary/aromatic N) is 3. The minimum absolute atomic E-state index is 0.0460. The van der Waals surface area contributed by atoms with Crippen LogP contribution in [0.4, 0.5) is 11.5 Å². The van der Waals surface area contributed by atoms with E-state index in [2.05, 4.69) is 46.4 Å². The fourth-order valence-corrected chi connectivity index (χ4v) is 6.49. The first-order valence-corrected chi connectivity index (χ1v) is 15.3. The molecule has 0 spiro atoms. The summed E-state index contributed by atoms with van der Waals surface area (Å²) in [6.45, 7) is 9.35. The minimum atomic E-state index is -0.928. The second-order valence-electron chi connectivity index (χ2n) is 12.0. The van der Waals surface area contributed by atoms with E-state index >= 15 is 0 Å². The highest BCUT2D eigenvalue weighted by Gasteiger charge is 2.29. The number of ether oxygens (including phenoxy) is 1. The van der Waals surface area contributed by atoms with Crippen molar-refractivity contribution in [2.45, 2.75) is 70.5 Å². The number of benzene rings is 1.